The van der Waals surface area contributed by atoms with Crippen molar-refractivity contribution in [1.29, 1.82) is 0 Å². The summed E-state index contributed by atoms with van der Waals surface area (Å²) in [7, 11) is 0. The zero-order valence-corrected chi connectivity index (χ0v) is 11.4. The zero-order chi connectivity index (χ0) is 13.8. The van der Waals surface area contributed by atoms with Crippen molar-refractivity contribution in [1.82, 2.24) is 0 Å². The van der Waals surface area contributed by atoms with Crippen LogP contribution in [0.5, 0.6) is 0 Å². The Balaban J connectivity index is 1.56. The monoisotopic (exact) mass is 270 g/mol. The lowest BCUT2D eigenvalue weighted by Gasteiger charge is -2.34. The number of nitrogens with one attached hydrogen (secondary N) is 1. The summed E-state index contributed by atoms with van der Waals surface area (Å²) in [6, 6.07) is 17.6. The standard InChI is InChI=1S/C17H19FN2/c18-14-5-4-6-16(13-14)19-15-9-11-20(12-10-15)17-7-2-1-3-8-17/h1-8,13,15,19H,9-12H2. The van der Waals surface area contributed by atoms with Crippen LogP contribution >= 0.6 is 0 Å². The van der Waals surface area contributed by atoms with Crippen LogP contribution < -0.4 is 10.2 Å². The number of nitrogens with zero attached hydrogens (tertiary/aromatic N) is 1. The first-order valence-electron chi connectivity index (χ1n) is 7.13. The lowest BCUT2D eigenvalue weighted by Crippen LogP contribution is -2.39. The summed E-state index contributed by atoms with van der Waals surface area (Å²) in [6.07, 6.45) is 2.15. The fourth-order valence-corrected chi connectivity index (χ4v) is 2.73. The van der Waals surface area contributed by atoms with Crippen LogP contribution in [0.25, 0.3) is 0 Å². The molecule has 0 unspecified atom stereocenters. The van der Waals surface area contributed by atoms with Gasteiger partial charge in [-0.1, -0.05) is 24.3 Å². The fraction of sp³-hybridized carbons (Fsp3) is 0.294. The Kier molecular flexibility index (Phi) is 3.86. The molecule has 3 rings (SSSR count). The minimum atomic E-state index is -0.184. The molecule has 0 saturated carbocycles. The van der Waals surface area contributed by atoms with Crippen LogP contribution in [0.1, 0.15) is 12.8 Å². The summed E-state index contributed by atoms with van der Waals surface area (Å²) in [4.78, 5) is 2.41. The van der Waals surface area contributed by atoms with Crippen LogP contribution in [-0.2, 0) is 0 Å². The molecule has 2 nitrogen and oxygen atoms in total. The number of anilines is 2. The van der Waals surface area contributed by atoms with Gasteiger partial charge >= 0.3 is 0 Å². The van der Waals surface area contributed by atoms with E-state index in [2.05, 4.69) is 34.5 Å². The molecule has 0 spiro atoms. The van der Waals surface area contributed by atoms with E-state index in [1.807, 2.05) is 12.1 Å². The third-order valence-electron chi connectivity index (χ3n) is 3.81. The molecule has 1 fully saturated rings. The topological polar surface area (TPSA) is 15.3 Å². The van der Waals surface area contributed by atoms with E-state index < -0.39 is 0 Å². The highest BCUT2D eigenvalue weighted by atomic mass is 19.1. The highest BCUT2D eigenvalue weighted by Gasteiger charge is 2.19. The van der Waals surface area contributed by atoms with Gasteiger partial charge in [-0.3, -0.25) is 0 Å². The molecule has 0 aliphatic carbocycles. The molecule has 2 aromatic carbocycles. The van der Waals surface area contributed by atoms with Gasteiger partial charge in [0.05, 0.1) is 0 Å². The van der Waals surface area contributed by atoms with E-state index >= 15 is 0 Å². The maximum atomic E-state index is 13.2. The molecule has 0 atom stereocenters. The van der Waals surface area contributed by atoms with E-state index in [0.29, 0.717) is 6.04 Å². The predicted octanol–water partition coefficient (Wildman–Crippen LogP) is 3.91. The Morgan fingerprint density at radius 3 is 2.40 bits per heavy atom. The van der Waals surface area contributed by atoms with Gasteiger partial charge in [-0.2, -0.15) is 0 Å². The number of halogens is 1. The first kappa shape index (κ1) is 13.0. The van der Waals surface area contributed by atoms with E-state index in [0.717, 1.165) is 31.6 Å². The lowest BCUT2D eigenvalue weighted by atomic mass is 10.0. The van der Waals surface area contributed by atoms with Crippen molar-refractivity contribution in [2.45, 2.75) is 18.9 Å². The Morgan fingerprint density at radius 2 is 1.70 bits per heavy atom. The second-order valence-electron chi connectivity index (χ2n) is 5.25. The van der Waals surface area contributed by atoms with E-state index in [1.54, 1.807) is 12.1 Å². The van der Waals surface area contributed by atoms with E-state index in [9.17, 15) is 4.39 Å². The third kappa shape index (κ3) is 3.10. The Hall–Kier alpha value is -2.03. The summed E-state index contributed by atoms with van der Waals surface area (Å²) in [5.74, 6) is -0.184. The van der Waals surface area contributed by atoms with Gasteiger partial charge < -0.3 is 10.2 Å². The molecule has 20 heavy (non-hydrogen) atoms. The average molecular weight is 270 g/mol. The summed E-state index contributed by atoms with van der Waals surface area (Å²) in [5, 5.41) is 3.43. The SMILES string of the molecule is Fc1cccc(NC2CCN(c3ccccc3)CC2)c1. The van der Waals surface area contributed by atoms with Gasteiger partial charge in [0.15, 0.2) is 0 Å². The van der Waals surface area contributed by atoms with Crippen LogP contribution in [0.4, 0.5) is 15.8 Å². The van der Waals surface area contributed by atoms with Crippen molar-refractivity contribution in [3.8, 4) is 0 Å². The molecule has 0 bridgehead atoms. The van der Waals surface area contributed by atoms with Gasteiger partial charge in [0.1, 0.15) is 5.82 Å². The van der Waals surface area contributed by atoms with E-state index in [4.69, 9.17) is 0 Å². The van der Waals surface area contributed by atoms with Crippen molar-refractivity contribution < 1.29 is 4.39 Å². The normalized spacial score (nSPS) is 16.1. The smallest absolute Gasteiger partial charge is 0.125 e. The van der Waals surface area contributed by atoms with Gasteiger partial charge in [0, 0.05) is 30.5 Å². The molecule has 0 radical (unpaired) electrons. The molecule has 1 saturated heterocycles. The minimum Gasteiger partial charge on any atom is -0.382 e. The molecule has 104 valence electrons. The molecule has 1 aliphatic heterocycles. The Labute approximate surface area is 119 Å². The number of hydrogen-bond acceptors (Lipinski definition) is 2. The molecule has 1 N–H and O–H groups in total. The van der Waals surface area contributed by atoms with Gasteiger partial charge in [0.2, 0.25) is 0 Å². The largest absolute Gasteiger partial charge is 0.382 e. The highest BCUT2D eigenvalue weighted by molar-refractivity contribution is 5.48. The number of benzene rings is 2. The summed E-state index contributed by atoms with van der Waals surface area (Å²) in [6.45, 7) is 2.08. The highest BCUT2D eigenvalue weighted by Crippen LogP contribution is 2.22. The van der Waals surface area contributed by atoms with Gasteiger partial charge in [-0.05, 0) is 43.2 Å². The first-order valence-corrected chi connectivity index (χ1v) is 7.13. The number of hydrogen-bond donors (Lipinski definition) is 1. The summed E-state index contributed by atoms with van der Waals surface area (Å²) >= 11 is 0. The average Bonchev–Trinajstić information content (AvgIpc) is 2.49. The number of para-hydroxylation sites is 1. The second kappa shape index (κ2) is 5.95. The van der Waals surface area contributed by atoms with Gasteiger partial charge in [-0.25, -0.2) is 4.39 Å². The molecular formula is C17H19FN2. The van der Waals surface area contributed by atoms with Crippen molar-refractivity contribution >= 4 is 11.4 Å². The second-order valence-corrected chi connectivity index (χ2v) is 5.25. The quantitative estimate of drug-likeness (QED) is 0.909. The molecule has 0 amide bonds. The van der Waals surface area contributed by atoms with Crippen LogP contribution in [0.15, 0.2) is 54.6 Å². The fourth-order valence-electron chi connectivity index (χ4n) is 2.73. The molecular weight excluding hydrogens is 251 g/mol. The summed E-state index contributed by atoms with van der Waals surface area (Å²) in [5.41, 5.74) is 2.17. The minimum absolute atomic E-state index is 0.184. The van der Waals surface area contributed by atoms with Gasteiger partial charge in [0.25, 0.3) is 0 Å². The number of piperidine rings is 1. The van der Waals surface area contributed by atoms with Crippen molar-refractivity contribution in [3.63, 3.8) is 0 Å². The third-order valence-corrected chi connectivity index (χ3v) is 3.81. The molecule has 3 heteroatoms. The Morgan fingerprint density at radius 1 is 0.950 bits per heavy atom. The number of rotatable bonds is 3. The maximum absolute atomic E-state index is 13.2. The van der Waals surface area contributed by atoms with Crippen molar-refractivity contribution in [2.24, 2.45) is 0 Å². The predicted molar refractivity (Wildman–Crippen MR) is 81.7 cm³/mol. The van der Waals surface area contributed by atoms with Crippen LogP contribution in [-0.4, -0.2) is 19.1 Å². The van der Waals surface area contributed by atoms with E-state index in [-0.39, 0.29) is 5.82 Å². The van der Waals surface area contributed by atoms with Crippen LogP contribution in [0.2, 0.25) is 0 Å². The van der Waals surface area contributed by atoms with Crippen molar-refractivity contribution in [3.05, 3.63) is 60.4 Å². The Bertz CT molecular complexity index is 548. The molecule has 0 aromatic heterocycles. The van der Waals surface area contributed by atoms with E-state index in [1.165, 1.54) is 11.8 Å². The zero-order valence-electron chi connectivity index (χ0n) is 11.4. The lowest BCUT2D eigenvalue weighted by molar-refractivity contribution is 0.526. The van der Waals surface area contributed by atoms with Gasteiger partial charge in [-0.15, -0.1) is 0 Å². The van der Waals surface area contributed by atoms with Crippen LogP contribution in [0, 0.1) is 5.82 Å². The van der Waals surface area contributed by atoms with Crippen molar-refractivity contribution in [2.75, 3.05) is 23.3 Å². The molecule has 1 heterocycles. The maximum Gasteiger partial charge on any atom is 0.125 e. The molecule has 2 aromatic rings. The first-order chi connectivity index (χ1) is 9.81. The summed E-state index contributed by atoms with van der Waals surface area (Å²) < 4.78 is 13.2. The van der Waals surface area contributed by atoms with Crippen LogP contribution in [0.3, 0.4) is 0 Å². The molecule has 1 aliphatic rings.